The number of hydrogen-bond acceptors (Lipinski definition) is 2. The summed E-state index contributed by atoms with van der Waals surface area (Å²) in [6, 6.07) is 116. The topological polar surface area (TPSA) is 0 Å². The van der Waals surface area contributed by atoms with Crippen molar-refractivity contribution in [3.05, 3.63) is 343 Å². The number of fused-ring (bicyclic) bond motifs is 8. The van der Waals surface area contributed by atoms with Crippen LogP contribution in [0.4, 0.5) is 0 Å². The van der Waals surface area contributed by atoms with Gasteiger partial charge >= 0.3 is 0 Å². The molecule has 2 heterocycles. The summed E-state index contributed by atoms with van der Waals surface area (Å²) in [5, 5.41) is 14.9. The van der Waals surface area contributed by atoms with Crippen LogP contribution in [0.25, 0.3) is 168 Å². The second-order valence-electron chi connectivity index (χ2n) is 23.9. The van der Waals surface area contributed by atoms with Gasteiger partial charge in [-0.1, -0.05) is 286 Å². The molecule has 17 aromatic rings. The molecule has 0 aliphatic rings. The lowest BCUT2D eigenvalue weighted by molar-refractivity contribution is 1.53. The van der Waals surface area contributed by atoms with E-state index < -0.39 is 0 Å². The zero-order valence-corrected chi connectivity index (χ0v) is 51.8. The Labute approximate surface area is 537 Å². The zero-order chi connectivity index (χ0) is 60.5. The van der Waals surface area contributed by atoms with Gasteiger partial charge in [-0.05, 0) is 187 Å². The van der Waals surface area contributed by atoms with Crippen LogP contribution in [0.5, 0.6) is 0 Å². The van der Waals surface area contributed by atoms with Gasteiger partial charge in [-0.25, -0.2) is 0 Å². The fraction of sp³-hybridized carbons (Fsp3) is 0.0112. The van der Waals surface area contributed by atoms with Gasteiger partial charge in [-0.2, -0.15) is 0 Å². The summed E-state index contributed by atoms with van der Waals surface area (Å²) in [4.78, 5) is 0. The second-order valence-corrected chi connectivity index (χ2v) is 26.0. The van der Waals surface area contributed by atoms with Gasteiger partial charge < -0.3 is 0 Å². The molecule has 0 unspecified atom stereocenters. The van der Waals surface area contributed by atoms with Crippen molar-refractivity contribution in [2.75, 3.05) is 0 Å². The summed E-state index contributed by atoms with van der Waals surface area (Å²) in [5.74, 6) is 0. The highest BCUT2D eigenvalue weighted by Gasteiger charge is 2.21. The van der Waals surface area contributed by atoms with Gasteiger partial charge in [0.2, 0.25) is 0 Å². The highest BCUT2D eigenvalue weighted by Crippen LogP contribution is 2.49. The fourth-order valence-electron chi connectivity index (χ4n) is 14.3. The lowest BCUT2D eigenvalue weighted by Crippen LogP contribution is -2.21. The van der Waals surface area contributed by atoms with E-state index in [2.05, 4.69) is 328 Å². The molecule has 2 aromatic heterocycles. The highest BCUT2D eigenvalue weighted by atomic mass is 32.1. The van der Waals surface area contributed by atoms with Crippen molar-refractivity contribution in [1.82, 2.24) is 0 Å². The first kappa shape index (κ1) is 54.2. The normalized spacial score (nSPS) is 12.3. The largest absolute Gasteiger partial charge is 0.135 e. The molecule has 0 N–H and O–H groups in total. The number of allylic oxidation sites excluding steroid dienone is 1. The number of hydrogen-bond donors (Lipinski definition) is 0. The molecular weight excluding hydrogens is 1130 g/mol. The Morgan fingerprint density at radius 2 is 0.681 bits per heavy atom. The SMILES string of the molecule is C=C(/C=c1\c(=C(/C)c2ccccc2)sc2ccccc12)c1c2ccccc2c(-c2ccc(-c3ccc(-c4cccc(-c5cc(-c6ccccc6)cc6c5sc5ccc(-c7c8ccccc8c(-c8ccccc8)c8ccccc78)cc56)c4)cc3)cc2)c2ccccc12. The first-order valence-corrected chi connectivity index (χ1v) is 32.9. The molecule has 0 saturated heterocycles. The number of rotatable bonds is 10. The molecule has 0 fully saturated rings. The van der Waals surface area contributed by atoms with E-state index in [1.807, 2.05) is 22.7 Å². The van der Waals surface area contributed by atoms with Crippen molar-refractivity contribution < 1.29 is 0 Å². The van der Waals surface area contributed by atoms with E-state index in [1.165, 1.54) is 178 Å². The van der Waals surface area contributed by atoms with Crippen LogP contribution in [0.2, 0.25) is 0 Å². The maximum absolute atomic E-state index is 4.87. The number of thiophene rings is 2. The Bertz CT molecular complexity index is 5760. The highest BCUT2D eigenvalue weighted by molar-refractivity contribution is 7.26. The summed E-state index contributed by atoms with van der Waals surface area (Å²) in [6.45, 7) is 7.12. The molecule has 0 amide bonds. The van der Waals surface area contributed by atoms with Gasteiger partial charge in [0.15, 0.2) is 0 Å². The maximum atomic E-state index is 4.87. The molecular formula is C89H58S2. The molecule has 17 rings (SSSR count). The molecule has 0 aliphatic carbocycles. The average molecular weight is 1190 g/mol. The van der Waals surface area contributed by atoms with Gasteiger partial charge in [0.1, 0.15) is 0 Å². The third-order valence-corrected chi connectivity index (χ3v) is 21.1. The first-order valence-electron chi connectivity index (χ1n) is 31.2. The van der Waals surface area contributed by atoms with Gasteiger partial charge in [0.25, 0.3) is 0 Å². The molecule has 91 heavy (non-hydrogen) atoms. The molecule has 0 spiro atoms. The Balaban J connectivity index is 0.716. The monoisotopic (exact) mass is 1190 g/mol. The second kappa shape index (κ2) is 22.5. The predicted molar refractivity (Wildman–Crippen MR) is 397 cm³/mol. The van der Waals surface area contributed by atoms with Crippen molar-refractivity contribution in [1.29, 1.82) is 0 Å². The minimum Gasteiger partial charge on any atom is -0.135 e. The lowest BCUT2D eigenvalue weighted by Gasteiger charge is -2.18. The van der Waals surface area contributed by atoms with E-state index in [0.717, 1.165) is 5.57 Å². The fourth-order valence-corrected chi connectivity index (χ4v) is 16.7. The number of benzene rings is 15. The summed E-state index contributed by atoms with van der Waals surface area (Å²) in [7, 11) is 0. The van der Waals surface area contributed by atoms with Crippen molar-refractivity contribution >= 4 is 113 Å². The van der Waals surface area contributed by atoms with Crippen LogP contribution in [-0.2, 0) is 0 Å². The van der Waals surface area contributed by atoms with E-state index in [9.17, 15) is 0 Å². The molecule has 0 nitrogen and oxygen atoms in total. The maximum Gasteiger partial charge on any atom is 0.0434 e. The summed E-state index contributed by atoms with van der Waals surface area (Å²) < 4.78 is 5.12. The molecule has 0 aliphatic heterocycles. The summed E-state index contributed by atoms with van der Waals surface area (Å²) >= 11 is 3.76. The Hall–Kier alpha value is -11.0. The minimum absolute atomic E-state index is 1.00. The predicted octanol–water partition coefficient (Wildman–Crippen LogP) is 24.3. The first-order chi connectivity index (χ1) is 45.0. The molecule has 15 aromatic carbocycles. The average Bonchev–Trinajstić information content (AvgIpc) is 1.78. The van der Waals surface area contributed by atoms with E-state index in [4.69, 9.17) is 6.58 Å². The summed E-state index contributed by atoms with van der Waals surface area (Å²) in [5.41, 5.74) is 21.7. The molecule has 426 valence electrons. The smallest absolute Gasteiger partial charge is 0.0434 e. The molecule has 0 bridgehead atoms. The lowest BCUT2D eigenvalue weighted by atomic mass is 9.85. The molecule has 2 heteroatoms. The third kappa shape index (κ3) is 9.42. The van der Waals surface area contributed by atoms with Crippen LogP contribution < -0.4 is 9.75 Å². The van der Waals surface area contributed by atoms with Crippen LogP contribution >= 0.6 is 22.7 Å². The van der Waals surface area contributed by atoms with Crippen LogP contribution in [0.1, 0.15) is 18.1 Å². The van der Waals surface area contributed by atoms with Gasteiger partial charge in [-0.3, -0.25) is 0 Å². The zero-order valence-electron chi connectivity index (χ0n) is 50.1. The van der Waals surface area contributed by atoms with E-state index >= 15 is 0 Å². The Morgan fingerprint density at radius 3 is 1.26 bits per heavy atom. The minimum atomic E-state index is 1.00. The molecule has 0 radical (unpaired) electrons. The van der Waals surface area contributed by atoms with E-state index in [1.54, 1.807) is 0 Å². The van der Waals surface area contributed by atoms with Gasteiger partial charge in [-0.15, -0.1) is 22.7 Å². The van der Waals surface area contributed by atoms with Crippen molar-refractivity contribution in [3.8, 4) is 77.9 Å². The van der Waals surface area contributed by atoms with Gasteiger partial charge in [0, 0.05) is 45.6 Å². The standard InChI is InChI=1S/C89H58S2/c1-56(51-80-69-31-20-21-40-82(69)90-88(80)57(2)58-23-6-3-7-24-58)84-70-32-12-14-34-72(70)86(73-35-15-13-33-71(73)84)64-47-45-61(46-48-64)60-41-43-62(44-42-60)65-29-22-30-66(52-65)78-54-68(59-25-8-4-9-26-59)55-81-79-53-67(49-50-83(79)91-89(78)81)87-76-38-18-16-36-74(76)85(63-27-10-5-11-28-63)75-37-17-19-39-77(75)87/h3-55H,1H2,2H3/b80-51-,88-57-. The van der Waals surface area contributed by atoms with E-state index in [0.29, 0.717) is 0 Å². The summed E-state index contributed by atoms with van der Waals surface area (Å²) in [6.07, 6.45) is 2.34. The Morgan fingerprint density at radius 1 is 0.286 bits per heavy atom. The molecule has 0 atom stereocenters. The van der Waals surface area contributed by atoms with Gasteiger partial charge in [0.05, 0.1) is 0 Å². The van der Waals surface area contributed by atoms with Crippen LogP contribution in [0.15, 0.2) is 322 Å². The van der Waals surface area contributed by atoms with Crippen molar-refractivity contribution in [3.63, 3.8) is 0 Å². The Kier molecular flexibility index (Phi) is 13.4. The molecule has 0 saturated carbocycles. The quantitative estimate of drug-likeness (QED) is 0.120. The van der Waals surface area contributed by atoms with E-state index in [-0.39, 0.29) is 0 Å². The van der Waals surface area contributed by atoms with Crippen LogP contribution in [-0.4, -0.2) is 0 Å². The van der Waals surface area contributed by atoms with Crippen LogP contribution in [0, 0.1) is 0 Å². The van der Waals surface area contributed by atoms with Crippen molar-refractivity contribution in [2.24, 2.45) is 0 Å². The van der Waals surface area contributed by atoms with Crippen molar-refractivity contribution in [2.45, 2.75) is 6.92 Å². The van der Waals surface area contributed by atoms with Crippen LogP contribution in [0.3, 0.4) is 0 Å². The third-order valence-electron chi connectivity index (χ3n) is 18.6.